The third-order valence-electron chi connectivity index (χ3n) is 8.02. The van der Waals surface area contributed by atoms with E-state index in [4.69, 9.17) is 14.7 Å². The van der Waals surface area contributed by atoms with Gasteiger partial charge in [-0.15, -0.1) is 0 Å². The summed E-state index contributed by atoms with van der Waals surface area (Å²) in [6, 6.07) is 7.83. The molecule has 1 fully saturated rings. The topological polar surface area (TPSA) is 124 Å². The molecule has 0 unspecified atom stereocenters. The smallest absolute Gasteiger partial charge is 0.231 e. The number of aromatic nitrogens is 5. The molecule has 0 saturated carbocycles. The molecule has 5 aromatic rings. The number of H-pyrrole nitrogens is 1. The van der Waals surface area contributed by atoms with Gasteiger partial charge in [-0.25, -0.2) is 0 Å². The number of piperazine rings is 1. The molecule has 0 bridgehead atoms. The van der Waals surface area contributed by atoms with Crippen LogP contribution in [0.2, 0.25) is 0 Å². The van der Waals surface area contributed by atoms with E-state index in [0.29, 0.717) is 46.0 Å². The Kier molecular flexibility index (Phi) is 6.51. The summed E-state index contributed by atoms with van der Waals surface area (Å²) in [5, 5.41) is 8.37. The Morgan fingerprint density at radius 2 is 1.81 bits per heavy atom. The molecule has 0 amide bonds. The van der Waals surface area contributed by atoms with Crippen LogP contribution >= 0.6 is 7.14 Å². The molecule has 2 aliphatic rings. The van der Waals surface area contributed by atoms with E-state index < -0.39 is 7.14 Å². The molecule has 0 atom stereocenters. The van der Waals surface area contributed by atoms with Crippen molar-refractivity contribution in [1.29, 1.82) is 0 Å². The summed E-state index contributed by atoms with van der Waals surface area (Å²) in [7, 11) is -0.567. The molecule has 3 N–H and O–H groups in total. The molecule has 7 rings (SSSR count). The first-order valence-electron chi connectivity index (χ1n) is 14.2. The Balaban J connectivity index is 1.27. The number of fused-ring (bicyclic) bond motifs is 3. The Labute approximate surface area is 244 Å². The molecule has 3 aromatic heterocycles. The van der Waals surface area contributed by atoms with Crippen molar-refractivity contribution < 1.29 is 9.30 Å². The van der Waals surface area contributed by atoms with E-state index in [-0.39, 0.29) is 0 Å². The van der Waals surface area contributed by atoms with Crippen LogP contribution in [0.4, 0.5) is 28.8 Å². The zero-order chi connectivity index (χ0) is 29.0. The SMILES string of the molecule is Cc1cc(Nc2nc(Nc3ccc4nccnc4c3P(C)(C)=O)c3cc[nH]c3n2)c2c(c1N1CCN(C)CC1)CCO2. The van der Waals surface area contributed by atoms with E-state index in [1.807, 2.05) is 24.4 Å². The predicted molar refractivity (Wildman–Crippen MR) is 169 cm³/mol. The maximum atomic E-state index is 13.5. The van der Waals surface area contributed by atoms with Crippen LogP contribution in [0.3, 0.4) is 0 Å². The number of nitrogens with zero attached hydrogens (tertiary/aromatic N) is 6. The minimum Gasteiger partial charge on any atom is -0.491 e. The lowest BCUT2D eigenvalue weighted by atomic mass is 10.0. The Bertz CT molecular complexity index is 1870. The van der Waals surface area contributed by atoms with Crippen LogP contribution in [-0.4, -0.2) is 83.0 Å². The van der Waals surface area contributed by atoms with E-state index in [1.54, 1.807) is 25.7 Å². The van der Waals surface area contributed by atoms with Crippen LogP contribution in [0.5, 0.6) is 5.75 Å². The van der Waals surface area contributed by atoms with Crippen molar-refractivity contribution in [1.82, 2.24) is 29.8 Å². The quantitative estimate of drug-likeness (QED) is 0.244. The van der Waals surface area contributed by atoms with Crippen LogP contribution in [0.15, 0.2) is 42.9 Å². The zero-order valence-electron chi connectivity index (χ0n) is 24.2. The van der Waals surface area contributed by atoms with Crippen LogP contribution < -0.4 is 25.6 Å². The fourth-order valence-electron chi connectivity index (χ4n) is 6.08. The summed E-state index contributed by atoms with van der Waals surface area (Å²) < 4.78 is 19.7. The number of aromatic amines is 1. The molecule has 5 heterocycles. The number of ether oxygens (including phenoxy) is 1. The molecule has 12 heteroatoms. The van der Waals surface area contributed by atoms with Gasteiger partial charge in [-0.05, 0) is 57.1 Å². The van der Waals surface area contributed by atoms with Crippen molar-refractivity contribution in [2.24, 2.45) is 0 Å². The zero-order valence-corrected chi connectivity index (χ0v) is 25.1. The molecule has 1 saturated heterocycles. The first-order chi connectivity index (χ1) is 20.3. The Morgan fingerprint density at radius 1 is 1.00 bits per heavy atom. The highest BCUT2D eigenvalue weighted by Crippen LogP contribution is 2.44. The molecule has 42 heavy (non-hydrogen) atoms. The Morgan fingerprint density at radius 3 is 2.62 bits per heavy atom. The lowest BCUT2D eigenvalue weighted by Crippen LogP contribution is -2.45. The van der Waals surface area contributed by atoms with Crippen LogP contribution in [0.25, 0.3) is 22.1 Å². The number of benzene rings is 2. The summed E-state index contributed by atoms with van der Waals surface area (Å²) in [6.07, 6.45) is 5.97. The van der Waals surface area contributed by atoms with Gasteiger partial charge in [0, 0.05) is 62.4 Å². The number of hydrogen-bond donors (Lipinski definition) is 3. The van der Waals surface area contributed by atoms with Crippen molar-refractivity contribution in [3.63, 3.8) is 0 Å². The van der Waals surface area contributed by atoms with Gasteiger partial charge >= 0.3 is 0 Å². The van der Waals surface area contributed by atoms with Gasteiger partial charge in [0.2, 0.25) is 5.95 Å². The average molecular weight is 584 g/mol. The van der Waals surface area contributed by atoms with Crippen molar-refractivity contribution in [3.8, 4) is 5.75 Å². The van der Waals surface area contributed by atoms with E-state index in [1.165, 1.54) is 16.8 Å². The lowest BCUT2D eigenvalue weighted by Gasteiger charge is -2.36. The molecule has 2 aliphatic heterocycles. The van der Waals surface area contributed by atoms with Crippen LogP contribution in [0.1, 0.15) is 11.1 Å². The van der Waals surface area contributed by atoms with Crippen LogP contribution in [0, 0.1) is 6.92 Å². The van der Waals surface area contributed by atoms with E-state index in [9.17, 15) is 4.57 Å². The third kappa shape index (κ3) is 4.72. The van der Waals surface area contributed by atoms with Gasteiger partial charge in [-0.3, -0.25) is 9.97 Å². The van der Waals surface area contributed by atoms with E-state index in [2.05, 4.69) is 55.4 Å². The summed E-state index contributed by atoms with van der Waals surface area (Å²) in [6.45, 7) is 10.4. The predicted octanol–water partition coefficient (Wildman–Crippen LogP) is 4.63. The van der Waals surface area contributed by atoms with Gasteiger partial charge in [0.05, 0.1) is 34.2 Å². The fourth-order valence-corrected chi connectivity index (χ4v) is 7.47. The standard InChI is InChI=1S/C30H34N9O2P/c1-18-17-23(26-19(8-16-41-26)25(18)39-14-12-38(2)13-15-39)35-30-36-28-20(7-9-33-28)29(37-30)34-22-6-5-21-24(32-11-10-31-21)27(22)42(3,4)40/h5-7,9-11,17H,8,12-16H2,1-4H3,(H3,33,34,35,36,37). The van der Waals surface area contributed by atoms with Crippen LogP contribution in [-0.2, 0) is 11.0 Å². The van der Waals surface area contributed by atoms with Gasteiger partial charge in [0.1, 0.15) is 29.9 Å². The highest BCUT2D eigenvalue weighted by atomic mass is 31.2. The summed E-state index contributed by atoms with van der Waals surface area (Å²) in [5.74, 6) is 1.88. The van der Waals surface area contributed by atoms with Crippen molar-refractivity contribution in [2.45, 2.75) is 13.3 Å². The van der Waals surface area contributed by atoms with Gasteiger partial charge < -0.3 is 34.7 Å². The number of likely N-dealkylation sites (N-methyl/N-ethyl adjacent to an activating group) is 1. The molecule has 0 spiro atoms. The second-order valence-electron chi connectivity index (χ2n) is 11.4. The van der Waals surface area contributed by atoms with Crippen molar-refractivity contribution in [2.75, 3.05) is 68.7 Å². The van der Waals surface area contributed by atoms with Gasteiger partial charge in [0.15, 0.2) is 0 Å². The van der Waals surface area contributed by atoms with Crippen molar-refractivity contribution in [3.05, 3.63) is 54.0 Å². The number of aryl methyl sites for hydroxylation is 1. The monoisotopic (exact) mass is 583 g/mol. The molecule has 0 aliphatic carbocycles. The highest BCUT2D eigenvalue weighted by molar-refractivity contribution is 7.71. The fraction of sp³-hybridized carbons (Fsp3) is 0.333. The molecular weight excluding hydrogens is 549 g/mol. The largest absolute Gasteiger partial charge is 0.491 e. The molecule has 0 radical (unpaired) electrons. The highest BCUT2D eigenvalue weighted by Gasteiger charge is 2.28. The first-order valence-corrected chi connectivity index (χ1v) is 16.8. The molecular formula is C30H34N9O2P. The minimum atomic E-state index is -2.74. The number of hydrogen-bond acceptors (Lipinski definition) is 10. The molecule has 11 nitrogen and oxygen atoms in total. The van der Waals surface area contributed by atoms with E-state index in [0.717, 1.165) is 49.4 Å². The lowest BCUT2D eigenvalue weighted by molar-refractivity contribution is 0.312. The molecule has 2 aromatic carbocycles. The minimum absolute atomic E-state index is 0.426. The molecule has 216 valence electrons. The average Bonchev–Trinajstić information content (AvgIpc) is 3.64. The maximum absolute atomic E-state index is 13.5. The second-order valence-corrected chi connectivity index (χ2v) is 14.6. The second kappa shape index (κ2) is 10.3. The summed E-state index contributed by atoms with van der Waals surface area (Å²) >= 11 is 0. The maximum Gasteiger partial charge on any atom is 0.231 e. The third-order valence-corrected chi connectivity index (χ3v) is 9.55. The summed E-state index contributed by atoms with van der Waals surface area (Å²) in [4.78, 5) is 26.7. The van der Waals surface area contributed by atoms with Gasteiger partial charge in [0.25, 0.3) is 0 Å². The number of rotatable bonds is 6. The number of nitrogens with one attached hydrogen (secondary N) is 3. The van der Waals surface area contributed by atoms with E-state index >= 15 is 0 Å². The number of anilines is 5. The normalized spacial score (nSPS) is 15.7. The van der Waals surface area contributed by atoms with Gasteiger partial charge in [-0.2, -0.15) is 9.97 Å². The Hall–Kier alpha value is -4.21. The van der Waals surface area contributed by atoms with Gasteiger partial charge in [-0.1, -0.05) is 0 Å². The first kappa shape index (κ1) is 26.7. The van der Waals surface area contributed by atoms with Crippen molar-refractivity contribution >= 4 is 63.3 Å². The summed E-state index contributed by atoms with van der Waals surface area (Å²) in [5.41, 5.74) is 7.26.